The number of nitrogens with zero attached hydrogens (tertiary/aromatic N) is 3. The quantitative estimate of drug-likeness (QED) is 0.839. The Labute approximate surface area is 134 Å². The summed E-state index contributed by atoms with van der Waals surface area (Å²) in [6.45, 7) is 8.16. The summed E-state index contributed by atoms with van der Waals surface area (Å²) in [5.74, 6) is 0. The van der Waals surface area contributed by atoms with Crippen LogP contribution < -0.4 is 0 Å². The van der Waals surface area contributed by atoms with Crippen LogP contribution in [0.5, 0.6) is 0 Å². The highest BCUT2D eigenvalue weighted by Gasteiger charge is 2.17. The van der Waals surface area contributed by atoms with E-state index in [9.17, 15) is 0 Å². The first kappa shape index (κ1) is 15.5. The molecule has 1 aliphatic heterocycles. The third kappa shape index (κ3) is 3.86. The van der Waals surface area contributed by atoms with Crippen molar-refractivity contribution in [1.82, 2.24) is 14.7 Å². The van der Waals surface area contributed by atoms with Crippen LogP contribution in [0.3, 0.4) is 0 Å². The minimum absolute atomic E-state index is 1.07. The molecule has 1 fully saturated rings. The van der Waals surface area contributed by atoms with Crippen LogP contribution in [0, 0.1) is 0 Å². The minimum atomic E-state index is 1.07. The van der Waals surface area contributed by atoms with Gasteiger partial charge >= 0.3 is 0 Å². The van der Waals surface area contributed by atoms with E-state index in [1.165, 1.54) is 49.1 Å². The lowest BCUT2D eigenvalue weighted by atomic mass is 10.0. The largest absolute Gasteiger partial charge is 0.308 e. The molecule has 2 aromatic carbocycles. The SMILES string of the molecule is CN(C)CCN1CCN(Cc2cccc3ccccc23)CC1. The Bertz CT molecular complexity index is 595. The molecule has 2 aromatic rings. The lowest BCUT2D eigenvalue weighted by Crippen LogP contribution is -2.47. The maximum atomic E-state index is 2.59. The molecular formula is C19H27N3. The Morgan fingerprint density at radius 2 is 1.55 bits per heavy atom. The van der Waals surface area contributed by atoms with Gasteiger partial charge in [0.15, 0.2) is 0 Å². The second kappa shape index (κ2) is 7.23. The average molecular weight is 297 g/mol. The van der Waals surface area contributed by atoms with Crippen molar-refractivity contribution in [3.05, 3.63) is 48.0 Å². The first-order valence-corrected chi connectivity index (χ1v) is 8.28. The number of hydrogen-bond donors (Lipinski definition) is 0. The monoisotopic (exact) mass is 297 g/mol. The fraction of sp³-hybridized carbons (Fsp3) is 0.474. The molecule has 118 valence electrons. The predicted molar refractivity (Wildman–Crippen MR) is 94.2 cm³/mol. The number of hydrogen-bond acceptors (Lipinski definition) is 3. The lowest BCUT2D eigenvalue weighted by molar-refractivity contribution is 0.121. The van der Waals surface area contributed by atoms with Crippen molar-refractivity contribution in [2.24, 2.45) is 0 Å². The third-order valence-corrected chi connectivity index (χ3v) is 4.60. The molecule has 0 aliphatic carbocycles. The standard InChI is InChI=1S/C19H27N3/c1-20(2)10-11-21-12-14-22(15-13-21)16-18-8-5-7-17-6-3-4-9-19(17)18/h3-9H,10-16H2,1-2H3. The Hall–Kier alpha value is -1.42. The average Bonchev–Trinajstić information content (AvgIpc) is 2.54. The van der Waals surface area contributed by atoms with Crippen LogP contribution in [0.25, 0.3) is 10.8 Å². The van der Waals surface area contributed by atoms with E-state index in [4.69, 9.17) is 0 Å². The molecule has 1 saturated heterocycles. The van der Waals surface area contributed by atoms with Crippen LogP contribution in [-0.4, -0.2) is 68.1 Å². The summed E-state index contributed by atoms with van der Waals surface area (Å²) in [5, 5.41) is 2.75. The van der Waals surface area contributed by atoms with Gasteiger partial charge in [-0.25, -0.2) is 0 Å². The molecule has 0 saturated carbocycles. The van der Waals surface area contributed by atoms with Crippen LogP contribution >= 0.6 is 0 Å². The predicted octanol–water partition coefficient (Wildman–Crippen LogP) is 2.52. The Morgan fingerprint density at radius 3 is 2.32 bits per heavy atom. The maximum absolute atomic E-state index is 2.59. The van der Waals surface area contributed by atoms with E-state index < -0.39 is 0 Å². The van der Waals surface area contributed by atoms with Gasteiger partial charge in [-0.05, 0) is 30.4 Å². The summed E-state index contributed by atoms with van der Waals surface area (Å²) >= 11 is 0. The number of benzene rings is 2. The molecule has 22 heavy (non-hydrogen) atoms. The summed E-state index contributed by atoms with van der Waals surface area (Å²) in [6.07, 6.45) is 0. The van der Waals surface area contributed by atoms with E-state index in [2.05, 4.69) is 71.3 Å². The number of fused-ring (bicyclic) bond motifs is 1. The van der Waals surface area contributed by atoms with Crippen LogP contribution in [0.2, 0.25) is 0 Å². The van der Waals surface area contributed by atoms with E-state index in [0.717, 1.165) is 13.1 Å². The van der Waals surface area contributed by atoms with Gasteiger partial charge in [0.1, 0.15) is 0 Å². The van der Waals surface area contributed by atoms with Crippen LogP contribution in [-0.2, 0) is 6.54 Å². The Balaban J connectivity index is 1.58. The van der Waals surface area contributed by atoms with E-state index in [1.807, 2.05) is 0 Å². The Kier molecular flexibility index (Phi) is 5.08. The van der Waals surface area contributed by atoms with Gasteiger partial charge in [0.05, 0.1) is 0 Å². The molecule has 1 heterocycles. The number of piperazine rings is 1. The first-order chi connectivity index (χ1) is 10.7. The highest BCUT2D eigenvalue weighted by Crippen LogP contribution is 2.20. The number of likely N-dealkylation sites (N-methyl/N-ethyl adjacent to an activating group) is 1. The Morgan fingerprint density at radius 1 is 0.864 bits per heavy atom. The van der Waals surface area contributed by atoms with Crippen LogP contribution in [0.15, 0.2) is 42.5 Å². The molecule has 0 spiro atoms. The highest BCUT2D eigenvalue weighted by molar-refractivity contribution is 5.85. The van der Waals surface area contributed by atoms with Gasteiger partial charge in [0.2, 0.25) is 0 Å². The molecule has 0 atom stereocenters. The lowest BCUT2D eigenvalue weighted by Gasteiger charge is -2.35. The third-order valence-electron chi connectivity index (χ3n) is 4.60. The van der Waals surface area contributed by atoms with Gasteiger partial charge < -0.3 is 4.90 Å². The summed E-state index contributed by atoms with van der Waals surface area (Å²) in [4.78, 5) is 7.44. The normalized spacial score (nSPS) is 17.4. The molecule has 0 aromatic heterocycles. The van der Waals surface area contributed by atoms with Crippen molar-refractivity contribution < 1.29 is 0 Å². The summed E-state index contributed by atoms with van der Waals surface area (Å²) in [7, 11) is 4.30. The van der Waals surface area contributed by atoms with E-state index >= 15 is 0 Å². The van der Waals surface area contributed by atoms with E-state index in [0.29, 0.717) is 0 Å². The summed E-state index contributed by atoms with van der Waals surface area (Å²) in [5.41, 5.74) is 1.46. The van der Waals surface area contributed by atoms with Gasteiger partial charge in [0.25, 0.3) is 0 Å². The number of rotatable bonds is 5. The molecule has 0 N–H and O–H groups in total. The fourth-order valence-corrected chi connectivity index (χ4v) is 3.18. The molecule has 0 unspecified atom stereocenters. The highest BCUT2D eigenvalue weighted by atomic mass is 15.3. The van der Waals surface area contributed by atoms with Crippen LogP contribution in [0.4, 0.5) is 0 Å². The van der Waals surface area contributed by atoms with Gasteiger partial charge in [-0.1, -0.05) is 42.5 Å². The second-order valence-corrected chi connectivity index (χ2v) is 6.56. The zero-order valence-corrected chi connectivity index (χ0v) is 13.8. The zero-order valence-electron chi connectivity index (χ0n) is 13.8. The molecule has 0 amide bonds. The molecule has 1 aliphatic rings. The van der Waals surface area contributed by atoms with Crippen LogP contribution in [0.1, 0.15) is 5.56 Å². The first-order valence-electron chi connectivity index (χ1n) is 8.28. The van der Waals surface area contributed by atoms with Crippen molar-refractivity contribution in [2.45, 2.75) is 6.54 Å². The van der Waals surface area contributed by atoms with Crippen molar-refractivity contribution in [3.63, 3.8) is 0 Å². The molecule has 0 bridgehead atoms. The van der Waals surface area contributed by atoms with Crippen molar-refractivity contribution in [3.8, 4) is 0 Å². The maximum Gasteiger partial charge on any atom is 0.0240 e. The van der Waals surface area contributed by atoms with Gasteiger partial charge in [-0.3, -0.25) is 9.80 Å². The van der Waals surface area contributed by atoms with E-state index in [1.54, 1.807) is 0 Å². The molecule has 3 nitrogen and oxygen atoms in total. The second-order valence-electron chi connectivity index (χ2n) is 6.56. The van der Waals surface area contributed by atoms with E-state index in [-0.39, 0.29) is 0 Å². The van der Waals surface area contributed by atoms with Gasteiger partial charge in [-0.2, -0.15) is 0 Å². The summed E-state index contributed by atoms with van der Waals surface area (Å²) < 4.78 is 0. The molecule has 3 rings (SSSR count). The molecule has 3 heteroatoms. The topological polar surface area (TPSA) is 9.72 Å². The van der Waals surface area contributed by atoms with Crippen molar-refractivity contribution in [2.75, 3.05) is 53.4 Å². The van der Waals surface area contributed by atoms with Crippen molar-refractivity contribution >= 4 is 10.8 Å². The smallest absolute Gasteiger partial charge is 0.0240 e. The summed E-state index contributed by atoms with van der Waals surface area (Å²) in [6, 6.07) is 15.4. The molecule has 0 radical (unpaired) electrons. The van der Waals surface area contributed by atoms with Crippen molar-refractivity contribution in [1.29, 1.82) is 0 Å². The minimum Gasteiger partial charge on any atom is -0.308 e. The van der Waals surface area contributed by atoms with Gasteiger partial charge in [-0.15, -0.1) is 0 Å². The fourth-order valence-electron chi connectivity index (χ4n) is 3.18. The molecular weight excluding hydrogens is 270 g/mol. The zero-order chi connectivity index (χ0) is 15.4. The van der Waals surface area contributed by atoms with Gasteiger partial charge in [0, 0.05) is 45.8 Å².